The lowest BCUT2D eigenvalue weighted by molar-refractivity contribution is -0.132. The van der Waals surface area contributed by atoms with E-state index in [0.29, 0.717) is 0 Å². The Kier molecular flexibility index (Phi) is 7.18. The van der Waals surface area contributed by atoms with Crippen LogP contribution in [0.5, 0.6) is 0 Å². The molecule has 0 atom stereocenters. The zero-order chi connectivity index (χ0) is 18.4. The van der Waals surface area contributed by atoms with Gasteiger partial charge in [0.05, 0.1) is 0 Å². The minimum atomic E-state index is -1.12. The molecule has 0 fully saturated rings. The van der Waals surface area contributed by atoms with Crippen LogP contribution in [0.4, 0.5) is 4.39 Å². The van der Waals surface area contributed by atoms with Crippen molar-refractivity contribution in [2.24, 2.45) is 0 Å². The van der Waals surface area contributed by atoms with E-state index in [-0.39, 0.29) is 11.1 Å². The average Bonchev–Trinajstić information content (AvgIpc) is 2.53. The van der Waals surface area contributed by atoms with Crippen molar-refractivity contribution in [1.82, 2.24) is 0 Å². The van der Waals surface area contributed by atoms with E-state index in [1.807, 2.05) is 32.9 Å². The fourth-order valence-corrected chi connectivity index (χ4v) is 2.41. The van der Waals surface area contributed by atoms with E-state index in [9.17, 15) is 9.18 Å². The first kappa shape index (κ1) is 19.9. The van der Waals surface area contributed by atoms with E-state index in [4.69, 9.17) is 16.7 Å². The van der Waals surface area contributed by atoms with Gasteiger partial charge in [-0.1, -0.05) is 42.0 Å². The summed E-state index contributed by atoms with van der Waals surface area (Å²) < 4.78 is 13.8. The minimum Gasteiger partial charge on any atom is -0.478 e. The maximum atomic E-state index is 13.8. The molecule has 0 bridgehead atoms. The highest BCUT2D eigenvalue weighted by Crippen LogP contribution is 2.27. The van der Waals surface area contributed by atoms with Gasteiger partial charge in [0, 0.05) is 10.6 Å². The molecule has 0 aliphatic heterocycles. The van der Waals surface area contributed by atoms with Gasteiger partial charge in [0.1, 0.15) is 5.83 Å². The van der Waals surface area contributed by atoms with Crippen molar-refractivity contribution in [3.05, 3.63) is 74.6 Å². The number of hydrogen-bond acceptors (Lipinski definition) is 1. The van der Waals surface area contributed by atoms with Gasteiger partial charge in [0.15, 0.2) is 0 Å². The molecule has 128 valence electrons. The van der Waals surface area contributed by atoms with Crippen LogP contribution in [-0.4, -0.2) is 11.1 Å². The van der Waals surface area contributed by atoms with Crippen LogP contribution in [0.3, 0.4) is 0 Å². The van der Waals surface area contributed by atoms with Crippen LogP contribution in [0, 0.1) is 20.8 Å². The van der Waals surface area contributed by atoms with Gasteiger partial charge in [-0.05, 0) is 68.5 Å². The molecular weight excluding hydrogens is 327 g/mol. The van der Waals surface area contributed by atoms with Crippen molar-refractivity contribution in [3.63, 3.8) is 0 Å². The first-order chi connectivity index (χ1) is 11.2. The van der Waals surface area contributed by atoms with Crippen LogP contribution < -0.4 is 0 Å². The molecule has 0 amide bonds. The normalized spacial score (nSPS) is 13.7. The first-order valence-electron chi connectivity index (χ1n) is 7.54. The second-order valence-electron chi connectivity index (χ2n) is 5.68. The number of benzene rings is 1. The summed E-state index contributed by atoms with van der Waals surface area (Å²) in [6.07, 6.45) is 8.19. The molecule has 2 nitrogen and oxygen atoms in total. The Morgan fingerprint density at radius 3 is 2.29 bits per heavy atom. The first-order valence-corrected chi connectivity index (χ1v) is 7.92. The molecule has 24 heavy (non-hydrogen) atoms. The maximum absolute atomic E-state index is 13.8. The van der Waals surface area contributed by atoms with Crippen molar-refractivity contribution in [1.29, 1.82) is 0 Å². The molecule has 0 aliphatic rings. The standard InChI is InChI=1S/C20H22ClFO2/c1-12-11-13(2)19(21)16(5)17(12)9-7-6-8-10-18(22)14(3)15(4)20(23)24/h6-11H,1-5H3,(H,23,24)/b8-6+,9-7+,15-14+,18-10-. The average molecular weight is 349 g/mol. The Morgan fingerprint density at radius 2 is 1.71 bits per heavy atom. The number of carbonyl (C=O) groups is 1. The SMILES string of the molecule is C\C(C(=O)O)=C(C)/C(F)=C/C=C/C=C/c1c(C)cc(C)c(Cl)c1C. The molecular formula is C20H22ClFO2. The molecule has 1 aromatic carbocycles. The lowest BCUT2D eigenvalue weighted by Gasteiger charge is -2.10. The van der Waals surface area contributed by atoms with Crippen molar-refractivity contribution < 1.29 is 14.3 Å². The number of rotatable bonds is 5. The summed E-state index contributed by atoms with van der Waals surface area (Å²) in [5.41, 5.74) is 4.33. The van der Waals surface area contributed by atoms with Crippen LogP contribution in [0.25, 0.3) is 6.08 Å². The summed E-state index contributed by atoms with van der Waals surface area (Å²) in [6.45, 7) is 8.77. The fourth-order valence-electron chi connectivity index (χ4n) is 2.25. The number of halogens is 2. The second-order valence-corrected chi connectivity index (χ2v) is 6.05. The number of carboxylic acids is 1. The molecule has 1 aromatic rings. The fraction of sp³-hybridized carbons (Fsp3) is 0.250. The molecule has 4 heteroatoms. The monoisotopic (exact) mass is 348 g/mol. The van der Waals surface area contributed by atoms with Crippen molar-refractivity contribution in [3.8, 4) is 0 Å². The number of allylic oxidation sites excluding steroid dienone is 6. The smallest absolute Gasteiger partial charge is 0.331 e. The van der Waals surface area contributed by atoms with Gasteiger partial charge < -0.3 is 5.11 Å². The molecule has 0 saturated heterocycles. The van der Waals surface area contributed by atoms with E-state index < -0.39 is 11.8 Å². The lowest BCUT2D eigenvalue weighted by atomic mass is 9.99. The molecule has 0 saturated carbocycles. The zero-order valence-corrected chi connectivity index (χ0v) is 15.3. The van der Waals surface area contributed by atoms with Crippen LogP contribution >= 0.6 is 11.6 Å². The van der Waals surface area contributed by atoms with E-state index in [1.54, 1.807) is 12.2 Å². The lowest BCUT2D eigenvalue weighted by Crippen LogP contribution is -1.99. The third-order valence-corrected chi connectivity index (χ3v) is 4.49. The van der Waals surface area contributed by atoms with Crippen LogP contribution in [0.1, 0.15) is 36.1 Å². The largest absolute Gasteiger partial charge is 0.478 e. The second kappa shape index (κ2) is 8.65. The van der Waals surface area contributed by atoms with E-state index in [0.717, 1.165) is 27.3 Å². The number of aryl methyl sites for hydroxylation is 2. The summed E-state index contributed by atoms with van der Waals surface area (Å²) in [7, 11) is 0. The Hall–Kier alpha value is -2.13. The maximum Gasteiger partial charge on any atom is 0.331 e. The van der Waals surface area contributed by atoms with E-state index in [2.05, 4.69) is 0 Å². The van der Waals surface area contributed by atoms with Crippen molar-refractivity contribution in [2.75, 3.05) is 0 Å². The molecule has 0 spiro atoms. The third kappa shape index (κ3) is 4.93. The molecule has 0 aromatic heterocycles. The Balaban J connectivity index is 2.95. The van der Waals surface area contributed by atoms with Crippen LogP contribution in [0.15, 0.2) is 47.3 Å². The predicted molar refractivity (Wildman–Crippen MR) is 99.0 cm³/mol. The van der Waals surface area contributed by atoms with Crippen molar-refractivity contribution >= 4 is 23.6 Å². The number of aliphatic carboxylic acids is 1. The minimum absolute atomic E-state index is 0.00626. The summed E-state index contributed by atoms with van der Waals surface area (Å²) >= 11 is 6.26. The zero-order valence-electron chi connectivity index (χ0n) is 14.6. The quantitative estimate of drug-likeness (QED) is 0.515. The van der Waals surface area contributed by atoms with Gasteiger partial charge in [0.25, 0.3) is 0 Å². The van der Waals surface area contributed by atoms with Crippen LogP contribution in [-0.2, 0) is 4.79 Å². The number of hydrogen-bond donors (Lipinski definition) is 1. The van der Waals surface area contributed by atoms with Gasteiger partial charge in [-0.15, -0.1) is 0 Å². The molecule has 1 rings (SSSR count). The summed E-state index contributed by atoms with van der Waals surface area (Å²) in [5.74, 6) is -1.69. The van der Waals surface area contributed by atoms with Crippen LogP contribution in [0.2, 0.25) is 5.02 Å². The van der Waals surface area contributed by atoms with Gasteiger partial charge in [-0.25, -0.2) is 9.18 Å². The van der Waals surface area contributed by atoms with Gasteiger partial charge in [0.2, 0.25) is 0 Å². The Bertz CT molecular complexity index is 768. The molecule has 0 radical (unpaired) electrons. The summed E-state index contributed by atoms with van der Waals surface area (Å²) in [5, 5.41) is 9.59. The number of carboxylic acid groups (broad SMARTS) is 1. The van der Waals surface area contributed by atoms with Gasteiger partial charge in [-0.3, -0.25) is 0 Å². The summed E-state index contributed by atoms with van der Waals surface area (Å²) in [6, 6.07) is 2.03. The third-order valence-electron chi connectivity index (χ3n) is 3.91. The Labute approximate surface area is 147 Å². The highest BCUT2D eigenvalue weighted by Gasteiger charge is 2.08. The molecule has 0 unspecified atom stereocenters. The highest BCUT2D eigenvalue weighted by molar-refractivity contribution is 6.32. The predicted octanol–water partition coefficient (Wildman–Crippen LogP) is 6.11. The Morgan fingerprint density at radius 1 is 1.08 bits per heavy atom. The molecule has 0 heterocycles. The molecule has 0 aliphatic carbocycles. The highest BCUT2D eigenvalue weighted by atomic mass is 35.5. The van der Waals surface area contributed by atoms with Gasteiger partial charge >= 0.3 is 5.97 Å². The summed E-state index contributed by atoms with van der Waals surface area (Å²) in [4.78, 5) is 10.8. The van der Waals surface area contributed by atoms with Crippen molar-refractivity contribution in [2.45, 2.75) is 34.6 Å². The topological polar surface area (TPSA) is 37.3 Å². The molecule has 1 N–H and O–H groups in total. The van der Waals surface area contributed by atoms with E-state index in [1.165, 1.54) is 26.0 Å². The van der Waals surface area contributed by atoms with Gasteiger partial charge in [-0.2, -0.15) is 0 Å². The van der Waals surface area contributed by atoms with E-state index >= 15 is 0 Å².